The predicted molar refractivity (Wildman–Crippen MR) is 132 cm³/mol. The van der Waals surface area contributed by atoms with Gasteiger partial charge < -0.3 is 10.8 Å². The summed E-state index contributed by atoms with van der Waals surface area (Å²) in [5, 5.41) is 17.3. The molecule has 0 fully saturated rings. The average molecular weight is 474 g/mol. The molecule has 0 spiro atoms. The summed E-state index contributed by atoms with van der Waals surface area (Å²) < 4.78 is 29.3. The second kappa shape index (κ2) is 10.5. The summed E-state index contributed by atoms with van der Waals surface area (Å²) in [6, 6.07) is 8.65. The highest BCUT2D eigenvalue weighted by atomic mass is 32.2. The Kier molecular flexibility index (Phi) is 8.43. The summed E-state index contributed by atoms with van der Waals surface area (Å²) in [6.45, 7) is 12.1. The van der Waals surface area contributed by atoms with Gasteiger partial charge in [0.05, 0.1) is 4.90 Å². The lowest BCUT2D eigenvalue weighted by atomic mass is 9.83. The number of amidine groups is 1. The Morgan fingerprint density at radius 3 is 2.09 bits per heavy atom. The number of hydrogen-bond donors (Lipinski definition) is 4. The zero-order valence-electron chi connectivity index (χ0n) is 20.1. The van der Waals surface area contributed by atoms with Gasteiger partial charge in [0, 0.05) is 5.56 Å². The number of nitrogens with one attached hydrogen (secondary N) is 2. The molecule has 2 aromatic rings. The maximum Gasteiger partial charge on any atom is 0.322 e. The Morgan fingerprint density at radius 1 is 1.00 bits per heavy atom. The Morgan fingerprint density at radius 2 is 1.61 bits per heavy atom. The number of sulfonamides is 1. The van der Waals surface area contributed by atoms with Crippen LogP contribution in [0.4, 0.5) is 0 Å². The standard InChI is InChI=1S/C25H35N3O4S/c1-14(2)19-10-11-21(23(16(5)6)22(19)15(3)4)33(31,32)28-20(25(29)30)13-17-8-7-9-18(12-17)24(26)27/h7-12,14-16,20,28H,13H2,1-6H3,(H3,26,27)(H,29,30)/t20-/m0/s1. The van der Waals surface area contributed by atoms with Crippen LogP contribution in [0.2, 0.25) is 0 Å². The van der Waals surface area contributed by atoms with Gasteiger partial charge in [-0.3, -0.25) is 10.2 Å². The van der Waals surface area contributed by atoms with Crippen LogP contribution in [-0.4, -0.2) is 31.4 Å². The molecule has 0 amide bonds. The van der Waals surface area contributed by atoms with E-state index in [2.05, 4.69) is 18.6 Å². The highest BCUT2D eigenvalue weighted by Gasteiger charge is 2.30. The van der Waals surface area contributed by atoms with Gasteiger partial charge in [0.15, 0.2) is 0 Å². The van der Waals surface area contributed by atoms with Crippen LogP contribution in [0.15, 0.2) is 41.3 Å². The molecule has 5 N–H and O–H groups in total. The number of carbonyl (C=O) groups is 1. The third kappa shape index (κ3) is 6.21. The van der Waals surface area contributed by atoms with Crippen molar-refractivity contribution < 1.29 is 18.3 Å². The van der Waals surface area contributed by atoms with Gasteiger partial charge in [-0.1, -0.05) is 65.8 Å². The molecule has 0 saturated carbocycles. The van der Waals surface area contributed by atoms with Gasteiger partial charge in [0.1, 0.15) is 11.9 Å². The lowest BCUT2D eigenvalue weighted by Crippen LogP contribution is -2.42. The Hall–Kier alpha value is -2.71. The predicted octanol–water partition coefficient (Wildman–Crippen LogP) is 4.32. The number of carboxylic acid groups (broad SMARTS) is 1. The van der Waals surface area contributed by atoms with Crippen molar-refractivity contribution in [2.24, 2.45) is 5.73 Å². The molecule has 0 bridgehead atoms. The first kappa shape index (κ1) is 26.5. The van der Waals surface area contributed by atoms with Crippen LogP contribution in [0.5, 0.6) is 0 Å². The van der Waals surface area contributed by atoms with Gasteiger partial charge in [0.25, 0.3) is 0 Å². The first-order valence-electron chi connectivity index (χ1n) is 11.1. The highest BCUT2D eigenvalue weighted by Crippen LogP contribution is 2.37. The topological polar surface area (TPSA) is 133 Å². The second-order valence-electron chi connectivity index (χ2n) is 9.27. The summed E-state index contributed by atoms with van der Waals surface area (Å²) in [5.74, 6) is -1.15. The fraction of sp³-hybridized carbons (Fsp3) is 0.440. The number of nitrogens with two attached hydrogens (primary N) is 1. The number of benzene rings is 2. The van der Waals surface area contributed by atoms with Crippen LogP contribution in [0.3, 0.4) is 0 Å². The summed E-state index contributed by atoms with van der Waals surface area (Å²) in [6.07, 6.45) is -0.0756. The van der Waals surface area contributed by atoms with E-state index in [-0.39, 0.29) is 34.9 Å². The monoisotopic (exact) mass is 473 g/mol. The lowest BCUT2D eigenvalue weighted by molar-refractivity contribution is -0.138. The van der Waals surface area contributed by atoms with Crippen molar-refractivity contribution in [2.45, 2.75) is 76.7 Å². The van der Waals surface area contributed by atoms with Crippen LogP contribution in [0.1, 0.15) is 87.1 Å². The minimum absolute atomic E-state index is 0.0665. The minimum Gasteiger partial charge on any atom is -0.480 e. The van der Waals surface area contributed by atoms with Crippen molar-refractivity contribution in [1.82, 2.24) is 4.72 Å². The Labute approximate surface area is 197 Å². The van der Waals surface area contributed by atoms with E-state index in [1.165, 1.54) is 0 Å². The van der Waals surface area contributed by atoms with E-state index in [9.17, 15) is 18.3 Å². The number of hydrogen-bond acceptors (Lipinski definition) is 4. The van der Waals surface area contributed by atoms with E-state index in [4.69, 9.17) is 11.1 Å². The summed E-state index contributed by atoms with van der Waals surface area (Å²) in [4.78, 5) is 12.1. The molecule has 0 aliphatic carbocycles. The van der Waals surface area contributed by atoms with Crippen molar-refractivity contribution in [3.05, 3.63) is 64.2 Å². The average Bonchev–Trinajstić information content (AvgIpc) is 2.71. The first-order chi connectivity index (χ1) is 15.3. The molecule has 0 unspecified atom stereocenters. The molecule has 0 radical (unpaired) electrons. The third-order valence-corrected chi connectivity index (χ3v) is 7.15. The van der Waals surface area contributed by atoms with E-state index in [1.807, 2.05) is 33.8 Å². The Bertz CT molecular complexity index is 1140. The molecule has 0 aromatic heterocycles. The van der Waals surface area contributed by atoms with Crippen LogP contribution >= 0.6 is 0 Å². The molecule has 2 aromatic carbocycles. The number of carboxylic acids is 1. The third-order valence-electron chi connectivity index (χ3n) is 5.62. The molecule has 0 aliphatic heterocycles. The SMILES string of the molecule is CC(C)c1ccc(S(=O)(=O)N[C@@H](Cc2cccc(C(=N)N)c2)C(=O)O)c(C(C)C)c1C(C)C. The number of rotatable bonds is 10. The normalized spacial score (nSPS) is 13.0. The minimum atomic E-state index is -4.12. The van der Waals surface area contributed by atoms with Gasteiger partial charge in [0.2, 0.25) is 10.0 Å². The molecule has 0 heterocycles. The maximum atomic E-state index is 13.5. The fourth-order valence-corrected chi connectivity index (χ4v) is 5.71. The quantitative estimate of drug-likeness (QED) is 0.301. The van der Waals surface area contributed by atoms with Gasteiger partial charge in [-0.25, -0.2) is 8.42 Å². The van der Waals surface area contributed by atoms with Crippen LogP contribution < -0.4 is 10.5 Å². The van der Waals surface area contributed by atoms with Crippen molar-refractivity contribution in [3.8, 4) is 0 Å². The second-order valence-corrected chi connectivity index (χ2v) is 11.0. The smallest absolute Gasteiger partial charge is 0.322 e. The van der Waals surface area contributed by atoms with Crippen molar-refractivity contribution in [2.75, 3.05) is 0 Å². The Balaban J connectivity index is 2.53. The fourth-order valence-electron chi connectivity index (χ4n) is 4.14. The lowest BCUT2D eigenvalue weighted by Gasteiger charge is -2.26. The summed E-state index contributed by atoms with van der Waals surface area (Å²) in [5.41, 5.74) is 9.38. The molecule has 1 atom stereocenters. The van der Waals surface area contributed by atoms with Crippen molar-refractivity contribution in [3.63, 3.8) is 0 Å². The van der Waals surface area contributed by atoms with Gasteiger partial charge in [-0.2, -0.15) is 4.72 Å². The molecule has 0 aliphatic rings. The molecule has 2 rings (SSSR count). The molecule has 180 valence electrons. The molecule has 0 saturated heterocycles. The zero-order valence-corrected chi connectivity index (χ0v) is 21.0. The van der Waals surface area contributed by atoms with E-state index >= 15 is 0 Å². The van der Waals surface area contributed by atoms with Gasteiger partial charge >= 0.3 is 5.97 Å². The first-order valence-corrected chi connectivity index (χ1v) is 12.6. The van der Waals surface area contributed by atoms with E-state index < -0.39 is 22.0 Å². The van der Waals surface area contributed by atoms with Crippen molar-refractivity contribution >= 4 is 21.8 Å². The largest absolute Gasteiger partial charge is 0.480 e. The zero-order chi connectivity index (χ0) is 25.1. The molecular formula is C25H35N3O4S. The number of aliphatic carboxylic acids is 1. The van der Waals surface area contributed by atoms with Crippen molar-refractivity contribution in [1.29, 1.82) is 5.41 Å². The van der Waals surface area contributed by atoms with Crippen LogP contribution in [-0.2, 0) is 21.2 Å². The number of nitrogen functional groups attached to an aromatic ring is 1. The molecule has 33 heavy (non-hydrogen) atoms. The van der Waals surface area contributed by atoms with E-state index in [0.29, 0.717) is 11.1 Å². The molecule has 8 heteroatoms. The van der Waals surface area contributed by atoms with Gasteiger partial charge in [-0.05, 0) is 58.6 Å². The van der Waals surface area contributed by atoms with Gasteiger partial charge in [-0.15, -0.1) is 0 Å². The summed E-state index contributed by atoms with van der Waals surface area (Å²) in [7, 11) is -4.12. The maximum absolute atomic E-state index is 13.5. The molecular weight excluding hydrogens is 438 g/mol. The van der Waals surface area contributed by atoms with E-state index in [0.717, 1.165) is 16.7 Å². The van der Waals surface area contributed by atoms with Crippen LogP contribution in [0, 0.1) is 5.41 Å². The summed E-state index contributed by atoms with van der Waals surface area (Å²) >= 11 is 0. The molecule has 7 nitrogen and oxygen atoms in total. The highest BCUT2D eigenvalue weighted by molar-refractivity contribution is 7.89. The van der Waals surface area contributed by atoms with Crippen LogP contribution in [0.25, 0.3) is 0 Å². The van der Waals surface area contributed by atoms with E-state index in [1.54, 1.807) is 30.3 Å².